The lowest BCUT2D eigenvalue weighted by Crippen LogP contribution is -2.23. The molecule has 2 N–H and O–H groups in total. The third-order valence-corrected chi connectivity index (χ3v) is 2.71. The molecule has 0 bridgehead atoms. The van der Waals surface area contributed by atoms with Gasteiger partial charge in [0.2, 0.25) is 0 Å². The maximum absolute atomic E-state index is 9.69. The highest BCUT2D eigenvalue weighted by atomic mass is 16.5. The zero-order chi connectivity index (χ0) is 15.9. The molecule has 1 rings (SSSR count). The van der Waals surface area contributed by atoms with Crippen molar-refractivity contribution >= 4 is 0 Å². The van der Waals surface area contributed by atoms with Gasteiger partial charge in [0.05, 0.1) is 59.5 Å². The van der Waals surface area contributed by atoms with Gasteiger partial charge in [0.15, 0.2) is 0 Å². The van der Waals surface area contributed by atoms with Crippen molar-refractivity contribution < 1.29 is 29.2 Å². The summed E-state index contributed by atoms with van der Waals surface area (Å²) in [6, 6.07) is 9.81. The molecule has 126 valence electrons. The standard InChI is InChI=1S/C16H26O6/c17-6-7-19-8-9-20-10-11-21-13-16(18)14-22-12-15-4-2-1-3-5-15/h1-5,16-18H,6-14H2/t16-/m1/s1. The van der Waals surface area contributed by atoms with Crippen molar-refractivity contribution in [2.45, 2.75) is 12.7 Å². The molecule has 0 unspecified atom stereocenters. The number of hydrogen-bond acceptors (Lipinski definition) is 6. The highest BCUT2D eigenvalue weighted by Gasteiger charge is 2.04. The molecule has 0 aliphatic heterocycles. The van der Waals surface area contributed by atoms with Gasteiger partial charge in [0.1, 0.15) is 6.10 Å². The topological polar surface area (TPSA) is 77.4 Å². The van der Waals surface area contributed by atoms with Gasteiger partial charge in [-0.25, -0.2) is 0 Å². The Hall–Kier alpha value is -1.02. The van der Waals surface area contributed by atoms with Crippen molar-refractivity contribution in [3.8, 4) is 0 Å². The molecule has 0 amide bonds. The van der Waals surface area contributed by atoms with Crippen LogP contribution in [0.1, 0.15) is 5.56 Å². The number of rotatable bonds is 14. The molecule has 0 heterocycles. The molecule has 0 aliphatic carbocycles. The van der Waals surface area contributed by atoms with Crippen molar-refractivity contribution in [2.24, 2.45) is 0 Å². The van der Waals surface area contributed by atoms with Crippen molar-refractivity contribution in [2.75, 3.05) is 52.9 Å². The molecule has 0 aliphatic rings. The third-order valence-electron chi connectivity index (χ3n) is 2.71. The van der Waals surface area contributed by atoms with E-state index in [9.17, 15) is 5.11 Å². The molecular weight excluding hydrogens is 288 g/mol. The summed E-state index contributed by atoms with van der Waals surface area (Å²) < 4.78 is 21.0. The Balaban J connectivity index is 1.86. The zero-order valence-electron chi connectivity index (χ0n) is 12.9. The highest BCUT2D eigenvalue weighted by molar-refractivity contribution is 5.13. The monoisotopic (exact) mass is 314 g/mol. The predicted octanol–water partition coefficient (Wildman–Crippen LogP) is 0.606. The third kappa shape index (κ3) is 10.7. The largest absolute Gasteiger partial charge is 0.394 e. The first kappa shape index (κ1) is 19.0. The smallest absolute Gasteiger partial charge is 0.101 e. The van der Waals surface area contributed by atoms with Gasteiger partial charge < -0.3 is 29.2 Å². The van der Waals surface area contributed by atoms with E-state index in [1.54, 1.807) is 0 Å². The second-order valence-corrected chi connectivity index (χ2v) is 4.68. The Kier molecular flexibility index (Phi) is 11.8. The van der Waals surface area contributed by atoms with Crippen LogP contribution < -0.4 is 0 Å². The Morgan fingerprint density at radius 1 is 0.773 bits per heavy atom. The van der Waals surface area contributed by atoms with Gasteiger partial charge in [-0.05, 0) is 5.56 Å². The average molecular weight is 314 g/mol. The molecule has 0 saturated carbocycles. The number of ether oxygens (including phenoxy) is 4. The molecule has 0 radical (unpaired) electrons. The summed E-state index contributed by atoms with van der Waals surface area (Å²) >= 11 is 0. The van der Waals surface area contributed by atoms with Crippen LogP contribution in [0.25, 0.3) is 0 Å². The van der Waals surface area contributed by atoms with E-state index < -0.39 is 6.10 Å². The second-order valence-electron chi connectivity index (χ2n) is 4.68. The van der Waals surface area contributed by atoms with Crippen molar-refractivity contribution in [1.29, 1.82) is 0 Å². The minimum absolute atomic E-state index is 0.0212. The first-order chi connectivity index (χ1) is 10.8. The van der Waals surface area contributed by atoms with E-state index in [1.165, 1.54) is 0 Å². The molecule has 0 spiro atoms. The van der Waals surface area contributed by atoms with Crippen LogP contribution >= 0.6 is 0 Å². The highest BCUT2D eigenvalue weighted by Crippen LogP contribution is 2.01. The second kappa shape index (κ2) is 13.6. The maximum atomic E-state index is 9.69. The van der Waals surface area contributed by atoms with E-state index in [0.717, 1.165) is 5.56 Å². The molecular formula is C16H26O6. The van der Waals surface area contributed by atoms with Gasteiger partial charge >= 0.3 is 0 Å². The number of benzene rings is 1. The van der Waals surface area contributed by atoms with Crippen LogP contribution in [-0.2, 0) is 25.6 Å². The van der Waals surface area contributed by atoms with E-state index >= 15 is 0 Å². The van der Waals surface area contributed by atoms with E-state index in [0.29, 0.717) is 39.6 Å². The van der Waals surface area contributed by atoms with Crippen molar-refractivity contribution in [1.82, 2.24) is 0 Å². The normalized spacial score (nSPS) is 12.5. The predicted molar refractivity (Wildman–Crippen MR) is 81.6 cm³/mol. The molecule has 0 fully saturated rings. The molecule has 1 atom stereocenters. The fourth-order valence-electron chi connectivity index (χ4n) is 1.66. The first-order valence-electron chi connectivity index (χ1n) is 7.46. The van der Waals surface area contributed by atoms with E-state index in [1.807, 2.05) is 30.3 Å². The van der Waals surface area contributed by atoms with Crippen LogP contribution in [0.15, 0.2) is 30.3 Å². The molecule has 1 aromatic rings. The fourth-order valence-corrected chi connectivity index (χ4v) is 1.66. The summed E-state index contributed by atoms with van der Waals surface area (Å²) in [4.78, 5) is 0. The minimum atomic E-state index is -0.642. The summed E-state index contributed by atoms with van der Waals surface area (Å²) in [6.07, 6.45) is -0.642. The van der Waals surface area contributed by atoms with Gasteiger partial charge in [0, 0.05) is 0 Å². The van der Waals surface area contributed by atoms with Gasteiger partial charge in [-0.3, -0.25) is 0 Å². The van der Waals surface area contributed by atoms with Crippen molar-refractivity contribution in [3.63, 3.8) is 0 Å². The molecule has 6 nitrogen and oxygen atoms in total. The quantitative estimate of drug-likeness (QED) is 0.490. The van der Waals surface area contributed by atoms with Crippen LogP contribution in [0.5, 0.6) is 0 Å². The van der Waals surface area contributed by atoms with Gasteiger partial charge in [0.25, 0.3) is 0 Å². The van der Waals surface area contributed by atoms with Crippen LogP contribution in [0.2, 0.25) is 0 Å². The summed E-state index contributed by atoms with van der Waals surface area (Å²) in [5, 5.41) is 18.2. The van der Waals surface area contributed by atoms with Crippen LogP contribution in [0, 0.1) is 0 Å². The van der Waals surface area contributed by atoms with E-state index in [2.05, 4.69) is 0 Å². The van der Waals surface area contributed by atoms with Crippen LogP contribution in [0.4, 0.5) is 0 Å². The summed E-state index contributed by atoms with van der Waals surface area (Å²) in [5.41, 5.74) is 1.08. The number of hydrogen-bond donors (Lipinski definition) is 2. The Labute approximate surface area is 131 Å². The van der Waals surface area contributed by atoms with Gasteiger partial charge in [-0.15, -0.1) is 0 Å². The Bertz CT molecular complexity index is 346. The molecule has 0 aromatic heterocycles. The van der Waals surface area contributed by atoms with Crippen LogP contribution in [0.3, 0.4) is 0 Å². The van der Waals surface area contributed by atoms with Crippen LogP contribution in [-0.4, -0.2) is 69.2 Å². The molecule has 6 heteroatoms. The summed E-state index contributed by atoms with van der Waals surface area (Å²) in [6.45, 7) is 3.07. The molecule has 1 aromatic carbocycles. The lowest BCUT2D eigenvalue weighted by molar-refractivity contribution is -0.0401. The van der Waals surface area contributed by atoms with E-state index in [4.69, 9.17) is 24.1 Å². The SMILES string of the molecule is OCCOCCOCCOC[C@@H](O)COCc1ccccc1. The molecule has 22 heavy (non-hydrogen) atoms. The average Bonchev–Trinajstić information content (AvgIpc) is 2.54. The lowest BCUT2D eigenvalue weighted by atomic mass is 10.2. The Morgan fingerprint density at radius 2 is 1.36 bits per heavy atom. The zero-order valence-corrected chi connectivity index (χ0v) is 12.9. The number of aliphatic hydroxyl groups excluding tert-OH is 2. The van der Waals surface area contributed by atoms with Gasteiger partial charge in [-0.2, -0.15) is 0 Å². The lowest BCUT2D eigenvalue weighted by Gasteiger charge is -2.12. The van der Waals surface area contributed by atoms with Gasteiger partial charge in [-0.1, -0.05) is 30.3 Å². The minimum Gasteiger partial charge on any atom is -0.394 e. The molecule has 0 saturated heterocycles. The summed E-state index contributed by atoms with van der Waals surface area (Å²) in [5.74, 6) is 0. The summed E-state index contributed by atoms with van der Waals surface area (Å²) in [7, 11) is 0. The van der Waals surface area contributed by atoms with E-state index in [-0.39, 0.29) is 19.8 Å². The maximum Gasteiger partial charge on any atom is 0.101 e. The first-order valence-corrected chi connectivity index (χ1v) is 7.46. The number of aliphatic hydroxyl groups is 2. The van der Waals surface area contributed by atoms with Crippen molar-refractivity contribution in [3.05, 3.63) is 35.9 Å². The fraction of sp³-hybridized carbons (Fsp3) is 0.625. The Morgan fingerprint density at radius 3 is 2.05 bits per heavy atom.